The summed E-state index contributed by atoms with van der Waals surface area (Å²) in [6, 6.07) is 2.40. The highest BCUT2D eigenvalue weighted by Gasteiger charge is 2.50. The molecule has 1 saturated heterocycles. The van der Waals surface area contributed by atoms with Gasteiger partial charge in [-0.1, -0.05) is 26.1 Å². The number of aryl methyl sites for hydroxylation is 1. The van der Waals surface area contributed by atoms with Crippen molar-refractivity contribution in [3.8, 4) is 11.4 Å². The van der Waals surface area contributed by atoms with Gasteiger partial charge in [0.1, 0.15) is 34.5 Å². The molecule has 14 heteroatoms. The summed E-state index contributed by atoms with van der Waals surface area (Å²) in [5.41, 5.74) is -1.50. The van der Waals surface area contributed by atoms with Gasteiger partial charge in [-0.05, 0) is 51.3 Å². The molecular formula is C23H32F3N2O7PS. The summed E-state index contributed by atoms with van der Waals surface area (Å²) in [6.07, 6.45) is -9.67. The van der Waals surface area contributed by atoms with Crippen LogP contribution in [0.1, 0.15) is 69.9 Å². The van der Waals surface area contributed by atoms with Crippen LogP contribution in [0.25, 0.3) is 11.4 Å². The normalized spacial score (nSPS) is 27.6. The molecule has 7 atom stereocenters. The fourth-order valence-corrected chi connectivity index (χ4v) is 5.83. The summed E-state index contributed by atoms with van der Waals surface area (Å²) < 4.78 is 63.7. The van der Waals surface area contributed by atoms with Crippen molar-refractivity contribution in [3.63, 3.8) is 0 Å². The van der Waals surface area contributed by atoms with Gasteiger partial charge < -0.3 is 34.5 Å². The fraction of sp³-hybridized carbons (Fsp3) is 0.652. The summed E-state index contributed by atoms with van der Waals surface area (Å²) >= 11 is 5.28. The van der Waals surface area contributed by atoms with Crippen molar-refractivity contribution in [1.82, 2.24) is 9.97 Å². The van der Waals surface area contributed by atoms with E-state index in [1.165, 1.54) is 33.8 Å². The van der Waals surface area contributed by atoms with E-state index in [9.17, 15) is 37.9 Å². The number of fused-ring (bicyclic) bond motifs is 1. The smallest absolute Gasteiger partial charge is 0.388 e. The second-order valence-corrected chi connectivity index (χ2v) is 12.5. The molecule has 0 spiro atoms. The molecule has 1 fully saturated rings. The quantitative estimate of drug-likeness (QED) is 0.228. The predicted octanol–water partition coefficient (Wildman–Crippen LogP) is 4.61. The SMILES string of the molecule is CCC(C)(C[C@H]1O[C@@H](c2cc3c(C)cc(C(F)(F)F)[nH]c-3nc2=S)[C@@H](O)C1O)OP(=O)(O)C(C)(O)CC. The molecule has 0 aliphatic carbocycles. The maximum absolute atomic E-state index is 13.2. The number of hydrogen-bond donors (Lipinski definition) is 5. The topological polar surface area (TPSA) is 145 Å². The lowest BCUT2D eigenvalue weighted by Gasteiger charge is -2.37. The minimum atomic E-state index is -4.61. The maximum Gasteiger partial charge on any atom is 0.431 e. The lowest BCUT2D eigenvalue weighted by atomic mass is 9.92. The number of hydrogen-bond acceptors (Lipinski definition) is 8. The Morgan fingerprint density at radius 2 is 1.81 bits per heavy atom. The van der Waals surface area contributed by atoms with E-state index in [0.717, 1.165) is 6.07 Å². The maximum atomic E-state index is 13.2. The van der Waals surface area contributed by atoms with Gasteiger partial charge in [0.2, 0.25) is 0 Å². The van der Waals surface area contributed by atoms with Crippen LogP contribution in [-0.2, 0) is 20.0 Å². The van der Waals surface area contributed by atoms with Crippen LogP contribution in [0.3, 0.4) is 0 Å². The third-order valence-corrected chi connectivity index (χ3v) is 9.58. The molecule has 9 nitrogen and oxygen atoms in total. The van der Waals surface area contributed by atoms with Crippen molar-refractivity contribution < 1.29 is 47.2 Å². The molecule has 3 aliphatic heterocycles. The Labute approximate surface area is 217 Å². The minimum Gasteiger partial charge on any atom is -0.388 e. The van der Waals surface area contributed by atoms with Crippen LogP contribution < -0.4 is 0 Å². The number of aromatic nitrogens is 2. The zero-order valence-electron chi connectivity index (χ0n) is 21.0. The molecule has 4 unspecified atom stereocenters. The summed E-state index contributed by atoms with van der Waals surface area (Å²) in [7, 11) is -4.51. The lowest BCUT2D eigenvalue weighted by Crippen LogP contribution is -2.40. The Morgan fingerprint density at radius 3 is 2.35 bits per heavy atom. The first kappa shape index (κ1) is 30.1. The number of H-pyrrole nitrogens is 1. The van der Waals surface area contributed by atoms with E-state index in [-0.39, 0.29) is 40.9 Å². The number of rotatable bonds is 8. The average Bonchev–Trinajstić information content (AvgIpc) is 3.05. The Hall–Kier alpha value is -1.44. The molecule has 3 aliphatic rings. The molecule has 37 heavy (non-hydrogen) atoms. The lowest BCUT2D eigenvalue weighted by molar-refractivity contribution is -0.141. The van der Waals surface area contributed by atoms with Crippen molar-refractivity contribution in [3.05, 3.63) is 33.6 Å². The van der Waals surface area contributed by atoms with E-state index >= 15 is 0 Å². The van der Waals surface area contributed by atoms with Crippen LogP contribution in [0.5, 0.6) is 0 Å². The molecule has 0 aromatic rings. The molecule has 3 rings (SSSR count). The van der Waals surface area contributed by atoms with Crippen molar-refractivity contribution in [2.45, 2.75) is 95.4 Å². The number of nitrogens with one attached hydrogen (secondary N) is 1. The van der Waals surface area contributed by atoms with Crippen molar-refractivity contribution in [2.24, 2.45) is 0 Å². The molecule has 208 valence electrons. The average molecular weight is 569 g/mol. The van der Waals surface area contributed by atoms with Crippen LogP contribution in [0.15, 0.2) is 12.1 Å². The molecule has 0 amide bonds. The van der Waals surface area contributed by atoms with E-state index in [0.29, 0.717) is 5.56 Å². The van der Waals surface area contributed by atoms with Gasteiger partial charge in [0, 0.05) is 17.5 Å². The summed E-state index contributed by atoms with van der Waals surface area (Å²) in [6.45, 7) is 7.43. The standard InChI is InChI=1S/C23H32F3N2O7PS/c1-6-21(4,35-36(32,33)22(5,31)7-2)10-14-16(29)17(30)18(34-14)13-9-12-11(3)8-15(23(24,25)26)27-19(12)28-20(13)37/h8-9,14,16-18,29-31H,6-7,10H2,1-5H3,(H,32,33)(H,27,28,37)/t14-,16?,17+,18+,21?,22?/m1/s1. The summed E-state index contributed by atoms with van der Waals surface area (Å²) in [4.78, 5) is 16.7. The Bertz CT molecular complexity index is 1220. The van der Waals surface area contributed by atoms with Crippen LogP contribution >= 0.6 is 19.8 Å². The number of halogens is 3. The number of ether oxygens (including phenoxy) is 1. The Morgan fingerprint density at radius 1 is 1.19 bits per heavy atom. The highest BCUT2D eigenvalue weighted by atomic mass is 32.1. The number of alkyl halides is 3. The zero-order chi connectivity index (χ0) is 28.1. The first-order valence-electron chi connectivity index (χ1n) is 11.7. The van der Waals surface area contributed by atoms with Gasteiger partial charge in [-0.3, -0.25) is 4.57 Å². The summed E-state index contributed by atoms with van der Waals surface area (Å²) in [5.74, 6) is -0.0840. The van der Waals surface area contributed by atoms with E-state index in [4.69, 9.17) is 21.5 Å². The van der Waals surface area contributed by atoms with Crippen LogP contribution in [0, 0.1) is 11.6 Å². The van der Waals surface area contributed by atoms with Gasteiger partial charge >= 0.3 is 13.8 Å². The first-order chi connectivity index (χ1) is 16.9. The van der Waals surface area contributed by atoms with Crippen LogP contribution in [0.4, 0.5) is 13.2 Å². The zero-order valence-corrected chi connectivity index (χ0v) is 22.7. The molecule has 5 N–H and O–H groups in total. The molecule has 0 saturated carbocycles. The fourth-order valence-electron chi connectivity index (χ4n) is 4.17. The molecule has 0 bridgehead atoms. The summed E-state index contributed by atoms with van der Waals surface area (Å²) in [5, 5.41) is 29.8. The largest absolute Gasteiger partial charge is 0.431 e. The number of aromatic amines is 1. The highest BCUT2D eigenvalue weighted by Crippen LogP contribution is 2.59. The Kier molecular flexibility index (Phi) is 8.36. The Balaban J connectivity index is 1.92. The van der Waals surface area contributed by atoms with E-state index < -0.39 is 54.8 Å². The number of pyridine rings is 2. The third-order valence-electron chi connectivity index (χ3n) is 7.03. The van der Waals surface area contributed by atoms with Crippen molar-refractivity contribution in [1.29, 1.82) is 0 Å². The van der Waals surface area contributed by atoms with Crippen LogP contribution in [-0.4, -0.2) is 59.4 Å². The molecule has 0 radical (unpaired) electrons. The number of aliphatic hydroxyl groups is 3. The minimum absolute atomic E-state index is 0.0399. The van der Waals surface area contributed by atoms with Crippen molar-refractivity contribution in [2.75, 3.05) is 0 Å². The van der Waals surface area contributed by atoms with Gasteiger partial charge in [0.25, 0.3) is 0 Å². The molecular weight excluding hydrogens is 536 g/mol. The second kappa shape index (κ2) is 10.3. The molecule has 3 heterocycles. The third kappa shape index (κ3) is 5.94. The monoisotopic (exact) mass is 568 g/mol. The van der Waals surface area contributed by atoms with Gasteiger partial charge in [0.15, 0.2) is 5.34 Å². The van der Waals surface area contributed by atoms with Gasteiger partial charge in [-0.25, -0.2) is 4.98 Å². The van der Waals surface area contributed by atoms with Gasteiger partial charge in [0.05, 0.1) is 11.7 Å². The van der Waals surface area contributed by atoms with E-state index in [2.05, 4.69) is 9.97 Å². The molecule has 0 aromatic carbocycles. The van der Waals surface area contributed by atoms with Gasteiger partial charge in [-0.15, -0.1) is 0 Å². The van der Waals surface area contributed by atoms with Gasteiger partial charge in [-0.2, -0.15) is 13.2 Å². The van der Waals surface area contributed by atoms with Crippen molar-refractivity contribution >= 4 is 19.8 Å². The number of nitrogens with zero attached hydrogens (tertiary/aromatic N) is 1. The highest BCUT2D eigenvalue weighted by molar-refractivity contribution is 7.71. The number of aliphatic hydroxyl groups excluding tert-OH is 2. The first-order valence-corrected chi connectivity index (χ1v) is 13.7. The van der Waals surface area contributed by atoms with E-state index in [1.807, 2.05) is 0 Å². The molecule has 0 aromatic heterocycles. The predicted molar refractivity (Wildman–Crippen MR) is 131 cm³/mol. The second-order valence-electron chi connectivity index (χ2n) is 9.91. The van der Waals surface area contributed by atoms with Crippen LogP contribution in [0.2, 0.25) is 0 Å². The van der Waals surface area contributed by atoms with E-state index in [1.54, 1.807) is 6.92 Å².